The van der Waals surface area contributed by atoms with Gasteiger partial charge in [0.15, 0.2) is 0 Å². The first-order valence-corrected chi connectivity index (χ1v) is 12.0. The number of nitrogens with zero attached hydrogens (tertiary/aromatic N) is 2. The summed E-state index contributed by atoms with van der Waals surface area (Å²) in [5.41, 5.74) is 0.891. The molecule has 0 aliphatic carbocycles. The minimum Gasteiger partial charge on any atom is -0.497 e. The number of nitrogens with one attached hydrogen (secondary N) is 2. The standard InChI is InChI=1S/C25H26N4O5S/c1-25(2)11-18-19(14-34-25)35-23-21(18)22(26)28(12-17-5-4-10-33-17)24(31)29(23)13-20(30)27-15-6-8-16(32-3)9-7-15/h4-10,26H,11-14H2,1-3H3,(H,27,30). The van der Waals surface area contributed by atoms with Gasteiger partial charge in [0.1, 0.15) is 28.4 Å². The van der Waals surface area contributed by atoms with Gasteiger partial charge in [-0.15, -0.1) is 11.3 Å². The minimum atomic E-state index is -0.442. The molecule has 1 amide bonds. The summed E-state index contributed by atoms with van der Waals surface area (Å²) >= 11 is 1.41. The molecular formula is C25H26N4O5S. The molecule has 1 aromatic carbocycles. The maximum absolute atomic E-state index is 13.6. The third-order valence-electron chi connectivity index (χ3n) is 6.05. The lowest BCUT2D eigenvalue weighted by Crippen LogP contribution is -2.42. The van der Waals surface area contributed by atoms with Gasteiger partial charge >= 0.3 is 5.69 Å². The van der Waals surface area contributed by atoms with Gasteiger partial charge in [0.05, 0.1) is 37.5 Å². The Morgan fingerprint density at radius 2 is 2.00 bits per heavy atom. The van der Waals surface area contributed by atoms with Gasteiger partial charge in [0.25, 0.3) is 0 Å². The average molecular weight is 495 g/mol. The second-order valence-corrected chi connectivity index (χ2v) is 10.2. The number of benzene rings is 1. The molecule has 0 radical (unpaired) electrons. The maximum Gasteiger partial charge on any atom is 0.331 e. The van der Waals surface area contributed by atoms with Crippen LogP contribution in [0.15, 0.2) is 51.9 Å². The fourth-order valence-corrected chi connectivity index (χ4v) is 5.52. The Kier molecular flexibility index (Phi) is 5.86. The number of aromatic nitrogens is 2. The van der Waals surface area contributed by atoms with E-state index in [1.807, 2.05) is 13.8 Å². The van der Waals surface area contributed by atoms with Crippen LogP contribution in [0.1, 0.15) is 30.0 Å². The molecule has 0 fully saturated rings. The third kappa shape index (κ3) is 4.42. The van der Waals surface area contributed by atoms with Gasteiger partial charge in [-0.25, -0.2) is 4.79 Å². The molecule has 4 heterocycles. The van der Waals surface area contributed by atoms with Crippen molar-refractivity contribution in [2.75, 3.05) is 12.4 Å². The van der Waals surface area contributed by atoms with Gasteiger partial charge in [-0.1, -0.05) is 0 Å². The maximum atomic E-state index is 13.6. The van der Waals surface area contributed by atoms with Gasteiger partial charge in [0.2, 0.25) is 5.91 Å². The fraction of sp³-hybridized carbons (Fsp3) is 0.320. The first-order chi connectivity index (χ1) is 16.8. The predicted octanol–water partition coefficient (Wildman–Crippen LogP) is 3.48. The summed E-state index contributed by atoms with van der Waals surface area (Å²) in [5.74, 6) is 0.894. The van der Waals surface area contributed by atoms with Crippen LogP contribution in [-0.2, 0) is 35.6 Å². The third-order valence-corrected chi connectivity index (χ3v) is 7.28. The van der Waals surface area contributed by atoms with Crippen molar-refractivity contribution < 1.29 is 18.7 Å². The van der Waals surface area contributed by atoms with Crippen molar-refractivity contribution in [1.29, 1.82) is 5.41 Å². The number of methoxy groups -OCH3 is 1. The van der Waals surface area contributed by atoms with Crippen LogP contribution >= 0.6 is 11.3 Å². The van der Waals surface area contributed by atoms with Crippen LogP contribution < -0.4 is 21.2 Å². The largest absolute Gasteiger partial charge is 0.497 e. The number of amides is 1. The first-order valence-electron chi connectivity index (χ1n) is 11.2. The molecule has 0 saturated carbocycles. The van der Waals surface area contributed by atoms with Crippen LogP contribution in [-0.4, -0.2) is 27.8 Å². The molecule has 0 saturated heterocycles. The smallest absolute Gasteiger partial charge is 0.331 e. The van der Waals surface area contributed by atoms with E-state index in [4.69, 9.17) is 19.3 Å². The SMILES string of the molecule is COc1ccc(NC(=O)Cn2c(=O)n(Cc3ccco3)c(=N)c3c4c(sc32)COC(C)(C)C4)cc1. The summed E-state index contributed by atoms with van der Waals surface area (Å²) in [4.78, 5) is 28.2. The van der Waals surface area contributed by atoms with Crippen molar-refractivity contribution in [3.63, 3.8) is 0 Å². The topological polar surface area (TPSA) is 111 Å². The summed E-state index contributed by atoms with van der Waals surface area (Å²) in [6.07, 6.45) is 2.15. The molecule has 0 bridgehead atoms. The summed E-state index contributed by atoms with van der Waals surface area (Å²) < 4.78 is 19.4. The summed E-state index contributed by atoms with van der Waals surface area (Å²) in [6.45, 7) is 4.34. The molecule has 0 spiro atoms. The van der Waals surface area contributed by atoms with E-state index in [1.165, 1.54) is 26.7 Å². The Hall–Kier alpha value is -3.63. The monoisotopic (exact) mass is 494 g/mol. The van der Waals surface area contributed by atoms with Crippen LogP contribution in [0.5, 0.6) is 5.75 Å². The fourth-order valence-electron chi connectivity index (χ4n) is 4.30. The Labute approximate surface area is 205 Å². The zero-order valence-corrected chi connectivity index (χ0v) is 20.5. The van der Waals surface area contributed by atoms with Crippen LogP contribution in [0.2, 0.25) is 0 Å². The van der Waals surface area contributed by atoms with E-state index in [2.05, 4.69) is 5.32 Å². The number of hydrogen-bond acceptors (Lipinski definition) is 7. The molecule has 4 aromatic rings. The van der Waals surface area contributed by atoms with Crippen LogP contribution in [0.25, 0.3) is 10.2 Å². The summed E-state index contributed by atoms with van der Waals surface area (Å²) in [6, 6.07) is 10.5. The molecule has 1 aliphatic rings. The van der Waals surface area contributed by atoms with Crippen LogP contribution in [0.4, 0.5) is 5.69 Å². The first kappa shape index (κ1) is 23.1. The lowest BCUT2D eigenvalue weighted by atomic mass is 9.94. The van der Waals surface area contributed by atoms with E-state index < -0.39 is 5.69 Å². The molecule has 5 rings (SSSR count). The van der Waals surface area contributed by atoms with Crippen LogP contribution in [0, 0.1) is 5.41 Å². The Morgan fingerprint density at radius 1 is 1.23 bits per heavy atom. The number of carbonyl (C=O) groups excluding carboxylic acids is 1. The number of anilines is 1. The second-order valence-electron chi connectivity index (χ2n) is 9.07. The lowest BCUT2D eigenvalue weighted by molar-refractivity contribution is -0.116. The summed E-state index contributed by atoms with van der Waals surface area (Å²) in [5, 5.41) is 12.5. The quantitative estimate of drug-likeness (QED) is 0.426. The molecule has 10 heteroatoms. The van der Waals surface area contributed by atoms with Gasteiger partial charge in [-0.3, -0.25) is 19.3 Å². The van der Waals surface area contributed by atoms with E-state index in [0.29, 0.717) is 40.4 Å². The normalized spacial score (nSPS) is 14.6. The molecule has 9 nitrogen and oxygen atoms in total. The van der Waals surface area contributed by atoms with Crippen LogP contribution in [0.3, 0.4) is 0 Å². The van der Waals surface area contributed by atoms with Crippen molar-refractivity contribution in [3.8, 4) is 5.75 Å². The lowest BCUT2D eigenvalue weighted by Gasteiger charge is -2.30. The molecule has 3 aromatic heterocycles. The average Bonchev–Trinajstić information content (AvgIpc) is 3.47. The molecular weight excluding hydrogens is 468 g/mol. The number of fused-ring (bicyclic) bond motifs is 3. The number of rotatable bonds is 6. The predicted molar refractivity (Wildman–Crippen MR) is 132 cm³/mol. The second kappa shape index (κ2) is 8.86. The zero-order chi connectivity index (χ0) is 24.7. The van der Waals surface area contributed by atoms with Crippen molar-refractivity contribution in [2.24, 2.45) is 0 Å². The van der Waals surface area contributed by atoms with E-state index in [1.54, 1.807) is 43.5 Å². The number of ether oxygens (including phenoxy) is 2. The summed E-state index contributed by atoms with van der Waals surface area (Å²) in [7, 11) is 1.58. The Morgan fingerprint density at radius 3 is 2.69 bits per heavy atom. The van der Waals surface area contributed by atoms with Crippen molar-refractivity contribution in [3.05, 3.63) is 74.8 Å². The van der Waals surface area contributed by atoms with Gasteiger partial charge < -0.3 is 19.2 Å². The van der Waals surface area contributed by atoms with Gasteiger partial charge in [0, 0.05) is 17.0 Å². The van der Waals surface area contributed by atoms with E-state index in [0.717, 1.165) is 10.4 Å². The van der Waals surface area contributed by atoms with Crippen molar-refractivity contribution in [2.45, 2.75) is 45.6 Å². The highest BCUT2D eigenvalue weighted by Crippen LogP contribution is 2.37. The van der Waals surface area contributed by atoms with Crippen molar-refractivity contribution >= 4 is 33.1 Å². The zero-order valence-electron chi connectivity index (χ0n) is 19.7. The number of carbonyl (C=O) groups is 1. The molecule has 182 valence electrons. The van der Waals surface area contributed by atoms with E-state index in [-0.39, 0.29) is 30.1 Å². The van der Waals surface area contributed by atoms with Gasteiger partial charge in [-0.2, -0.15) is 0 Å². The van der Waals surface area contributed by atoms with Gasteiger partial charge in [-0.05, 0) is 55.8 Å². The molecule has 35 heavy (non-hydrogen) atoms. The van der Waals surface area contributed by atoms with E-state index >= 15 is 0 Å². The minimum absolute atomic E-state index is 0.102. The molecule has 0 unspecified atom stereocenters. The molecule has 2 N–H and O–H groups in total. The number of furan rings is 1. The van der Waals surface area contributed by atoms with E-state index in [9.17, 15) is 9.59 Å². The Bertz CT molecular complexity index is 1510. The Balaban J connectivity index is 1.60. The van der Waals surface area contributed by atoms with Crippen molar-refractivity contribution in [1.82, 2.24) is 9.13 Å². The number of thiophene rings is 1. The number of hydrogen-bond donors (Lipinski definition) is 2. The highest BCUT2D eigenvalue weighted by Gasteiger charge is 2.31. The molecule has 1 aliphatic heterocycles. The highest BCUT2D eigenvalue weighted by atomic mass is 32.1. The molecule has 0 atom stereocenters. The highest BCUT2D eigenvalue weighted by molar-refractivity contribution is 7.18.